The van der Waals surface area contributed by atoms with Crippen LogP contribution in [0, 0.1) is 0 Å². The zero-order chi connectivity index (χ0) is 13.3. The fraction of sp³-hybridized carbons (Fsp3) is 0.455. The maximum atomic E-state index is 12.5. The van der Waals surface area contributed by atoms with Crippen LogP contribution in [0.25, 0.3) is 0 Å². The Hall–Kier alpha value is 0.570. The van der Waals surface area contributed by atoms with Crippen molar-refractivity contribution in [3.05, 3.63) is 27.1 Å². The number of hydrogen-bond acceptors (Lipinski definition) is 2. The maximum Gasteiger partial charge on any atom is 0.244 e. The van der Waals surface area contributed by atoms with Crippen molar-refractivity contribution < 1.29 is 8.42 Å². The van der Waals surface area contributed by atoms with Gasteiger partial charge in [0.2, 0.25) is 10.0 Å². The van der Waals surface area contributed by atoms with Gasteiger partial charge in [-0.05, 0) is 47.0 Å². The standard InChI is InChI=1S/C11H12Br3NO2S/c12-8-3-5-15(6-4-8)18(16,17)11-7-9(13)1-2-10(11)14/h1-2,7-8H,3-6H2. The first-order valence-corrected chi connectivity index (χ1v) is 9.44. The van der Waals surface area contributed by atoms with Crippen molar-refractivity contribution in [2.45, 2.75) is 22.6 Å². The van der Waals surface area contributed by atoms with E-state index in [1.807, 2.05) is 6.07 Å². The molecular weight excluding hydrogens is 450 g/mol. The second-order valence-electron chi connectivity index (χ2n) is 4.15. The van der Waals surface area contributed by atoms with Crippen LogP contribution in [0.15, 0.2) is 32.0 Å². The Bertz CT molecular complexity index is 539. The molecule has 0 bridgehead atoms. The summed E-state index contributed by atoms with van der Waals surface area (Å²) in [6.45, 7) is 1.13. The lowest BCUT2D eigenvalue weighted by Crippen LogP contribution is -2.38. The first-order valence-electron chi connectivity index (χ1n) is 5.50. The third-order valence-corrected chi connectivity index (χ3v) is 7.20. The van der Waals surface area contributed by atoms with Crippen molar-refractivity contribution in [3.63, 3.8) is 0 Å². The zero-order valence-corrected chi connectivity index (χ0v) is 15.0. The molecule has 0 aliphatic carbocycles. The monoisotopic (exact) mass is 459 g/mol. The van der Waals surface area contributed by atoms with Crippen molar-refractivity contribution in [1.29, 1.82) is 0 Å². The molecule has 100 valence electrons. The van der Waals surface area contributed by atoms with Gasteiger partial charge in [0, 0.05) is 26.9 Å². The van der Waals surface area contributed by atoms with E-state index in [4.69, 9.17) is 0 Å². The van der Waals surface area contributed by atoms with Crippen LogP contribution in [0.4, 0.5) is 0 Å². The third kappa shape index (κ3) is 3.17. The van der Waals surface area contributed by atoms with Crippen molar-refractivity contribution >= 4 is 57.8 Å². The summed E-state index contributed by atoms with van der Waals surface area (Å²) in [7, 11) is -3.40. The van der Waals surface area contributed by atoms with E-state index in [1.165, 1.54) is 0 Å². The highest BCUT2D eigenvalue weighted by atomic mass is 79.9. The lowest BCUT2D eigenvalue weighted by molar-refractivity contribution is 0.354. The molecule has 1 aliphatic heterocycles. The molecular formula is C11H12Br3NO2S. The molecule has 1 fully saturated rings. The largest absolute Gasteiger partial charge is 0.244 e. The van der Waals surface area contributed by atoms with Gasteiger partial charge in [-0.3, -0.25) is 0 Å². The molecule has 0 radical (unpaired) electrons. The van der Waals surface area contributed by atoms with E-state index >= 15 is 0 Å². The fourth-order valence-electron chi connectivity index (χ4n) is 1.88. The summed E-state index contributed by atoms with van der Waals surface area (Å²) in [5, 5.41) is 0. The molecule has 1 saturated heterocycles. The molecule has 0 unspecified atom stereocenters. The minimum Gasteiger partial charge on any atom is -0.207 e. The van der Waals surface area contributed by atoms with Crippen molar-refractivity contribution in [3.8, 4) is 0 Å². The first-order chi connectivity index (χ1) is 8.41. The number of sulfonamides is 1. The van der Waals surface area contributed by atoms with Gasteiger partial charge in [-0.2, -0.15) is 4.31 Å². The van der Waals surface area contributed by atoms with Crippen molar-refractivity contribution in [2.75, 3.05) is 13.1 Å². The number of halogens is 3. The van der Waals surface area contributed by atoms with Crippen LogP contribution in [0.5, 0.6) is 0 Å². The molecule has 0 aromatic heterocycles. The average Bonchev–Trinajstić information content (AvgIpc) is 2.32. The van der Waals surface area contributed by atoms with Crippen LogP contribution in [0.2, 0.25) is 0 Å². The lowest BCUT2D eigenvalue weighted by Gasteiger charge is -2.29. The van der Waals surface area contributed by atoms with Gasteiger partial charge in [0.25, 0.3) is 0 Å². The molecule has 18 heavy (non-hydrogen) atoms. The molecule has 1 aromatic rings. The normalized spacial score (nSPS) is 19.1. The van der Waals surface area contributed by atoms with Gasteiger partial charge >= 0.3 is 0 Å². The number of benzene rings is 1. The minimum absolute atomic E-state index is 0.324. The second-order valence-corrected chi connectivity index (χ2v) is 9.12. The highest BCUT2D eigenvalue weighted by molar-refractivity contribution is 9.11. The summed E-state index contributed by atoms with van der Waals surface area (Å²) in [5.74, 6) is 0. The van der Waals surface area contributed by atoms with Gasteiger partial charge in [0.1, 0.15) is 0 Å². The van der Waals surface area contributed by atoms with Crippen LogP contribution < -0.4 is 0 Å². The zero-order valence-electron chi connectivity index (χ0n) is 9.44. The van der Waals surface area contributed by atoms with Crippen LogP contribution in [0.3, 0.4) is 0 Å². The van der Waals surface area contributed by atoms with E-state index in [9.17, 15) is 8.42 Å². The van der Waals surface area contributed by atoms with Gasteiger partial charge in [-0.25, -0.2) is 8.42 Å². The molecule has 3 nitrogen and oxygen atoms in total. The molecule has 0 saturated carbocycles. The van der Waals surface area contributed by atoms with Crippen LogP contribution in [-0.2, 0) is 10.0 Å². The topological polar surface area (TPSA) is 37.4 Å². The summed E-state index contributed by atoms with van der Waals surface area (Å²) in [4.78, 5) is 0.750. The van der Waals surface area contributed by atoms with Gasteiger partial charge < -0.3 is 0 Å². The van der Waals surface area contributed by atoms with E-state index in [2.05, 4.69) is 47.8 Å². The molecule has 0 N–H and O–H groups in total. The van der Waals surface area contributed by atoms with Crippen LogP contribution in [-0.4, -0.2) is 30.6 Å². The Balaban J connectivity index is 2.33. The SMILES string of the molecule is O=S(=O)(c1cc(Br)ccc1Br)N1CCC(Br)CC1. The second kappa shape index (κ2) is 5.91. The van der Waals surface area contributed by atoms with Gasteiger partial charge in [-0.1, -0.05) is 31.9 Å². The lowest BCUT2D eigenvalue weighted by atomic mass is 10.2. The van der Waals surface area contributed by atoms with Crippen LogP contribution >= 0.6 is 47.8 Å². The predicted molar refractivity (Wildman–Crippen MR) is 82.5 cm³/mol. The summed E-state index contributed by atoms with van der Waals surface area (Å²) < 4.78 is 28.0. The van der Waals surface area contributed by atoms with E-state index in [-0.39, 0.29) is 0 Å². The molecule has 0 amide bonds. The summed E-state index contributed by atoms with van der Waals surface area (Å²) >= 11 is 10.1. The molecule has 0 atom stereocenters. The Labute approximate surface area is 132 Å². The van der Waals surface area contributed by atoms with Gasteiger partial charge in [0.15, 0.2) is 0 Å². The molecule has 2 rings (SSSR count). The molecule has 1 heterocycles. The Kier molecular flexibility index (Phi) is 4.91. The van der Waals surface area contributed by atoms with Crippen LogP contribution in [0.1, 0.15) is 12.8 Å². The predicted octanol–water partition coefficient (Wildman–Crippen LogP) is 3.76. The molecule has 1 aliphatic rings. The summed E-state index contributed by atoms with van der Waals surface area (Å²) in [6.07, 6.45) is 1.70. The maximum absolute atomic E-state index is 12.5. The summed E-state index contributed by atoms with van der Waals surface area (Å²) in [5.41, 5.74) is 0. The smallest absolute Gasteiger partial charge is 0.207 e. The highest BCUT2D eigenvalue weighted by Gasteiger charge is 2.30. The van der Waals surface area contributed by atoms with E-state index in [1.54, 1.807) is 16.4 Å². The summed E-state index contributed by atoms with van der Waals surface area (Å²) in [6, 6.07) is 5.20. The number of hydrogen-bond donors (Lipinski definition) is 0. The average molecular weight is 462 g/mol. The fourth-order valence-corrected chi connectivity index (χ4v) is 5.22. The molecule has 0 spiro atoms. The number of nitrogens with zero attached hydrogens (tertiary/aromatic N) is 1. The Morgan fingerprint density at radius 1 is 1.17 bits per heavy atom. The highest BCUT2D eigenvalue weighted by Crippen LogP contribution is 2.30. The minimum atomic E-state index is -3.40. The van der Waals surface area contributed by atoms with E-state index in [0.717, 1.165) is 17.3 Å². The number of piperidine rings is 1. The number of alkyl halides is 1. The van der Waals surface area contributed by atoms with E-state index in [0.29, 0.717) is 27.3 Å². The Morgan fingerprint density at radius 3 is 2.39 bits per heavy atom. The quantitative estimate of drug-likeness (QED) is 0.629. The molecule has 1 aromatic carbocycles. The van der Waals surface area contributed by atoms with E-state index < -0.39 is 10.0 Å². The third-order valence-electron chi connectivity index (χ3n) is 2.89. The van der Waals surface area contributed by atoms with Crippen molar-refractivity contribution in [1.82, 2.24) is 4.31 Å². The number of rotatable bonds is 2. The Morgan fingerprint density at radius 2 is 1.78 bits per heavy atom. The van der Waals surface area contributed by atoms with Crippen molar-refractivity contribution in [2.24, 2.45) is 0 Å². The van der Waals surface area contributed by atoms with Gasteiger partial charge in [-0.15, -0.1) is 0 Å². The van der Waals surface area contributed by atoms with Gasteiger partial charge in [0.05, 0.1) is 4.90 Å². The molecule has 7 heteroatoms. The first kappa shape index (κ1) is 15.0.